The highest BCUT2D eigenvalue weighted by Gasteiger charge is 2.18. The summed E-state index contributed by atoms with van der Waals surface area (Å²) in [6.45, 7) is 5.01. The van der Waals surface area contributed by atoms with Gasteiger partial charge in [-0.3, -0.25) is 5.10 Å². The van der Waals surface area contributed by atoms with Crippen LogP contribution in [0.5, 0.6) is 11.8 Å². The van der Waals surface area contributed by atoms with Crippen LogP contribution >= 0.6 is 0 Å². The molecule has 0 spiro atoms. The normalized spacial score (nSPS) is 14.8. The van der Waals surface area contributed by atoms with E-state index in [1.807, 2.05) is 24.0 Å². The molecule has 0 atom stereocenters. The van der Waals surface area contributed by atoms with Crippen LogP contribution in [0.4, 0.5) is 0 Å². The second-order valence-electron chi connectivity index (χ2n) is 9.14. The molecule has 0 radical (unpaired) electrons. The molecule has 4 heterocycles. The van der Waals surface area contributed by atoms with E-state index in [1.165, 1.54) is 0 Å². The van der Waals surface area contributed by atoms with Crippen molar-refractivity contribution in [2.24, 2.45) is 7.05 Å². The minimum atomic E-state index is 0.534. The molecule has 0 fully saturated rings. The summed E-state index contributed by atoms with van der Waals surface area (Å²) in [7, 11) is 6.08. The molecule has 1 N–H and O–H groups in total. The maximum atomic E-state index is 6.34. The van der Waals surface area contributed by atoms with Crippen LogP contribution in [-0.2, 0) is 20.0 Å². The molecule has 9 nitrogen and oxygen atoms in total. The summed E-state index contributed by atoms with van der Waals surface area (Å²) in [5, 5.41) is 18.1. The van der Waals surface area contributed by atoms with Crippen molar-refractivity contribution in [1.29, 1.82) is 0 Å². The van der Waals surface area contributed by atoms with E-state index >= 15 is 0 Å². The number of fused-ring (bicyclic) bond motifs is 4. The Kier molecular flexibility index (Phi) is 6.59. The molecule has 0 saturated carbocycles. The van der Waals surface area contributed by atoms with Crippen molar-refractivity contribution < 1.29 is 9.47 Å². The molecule has 1 aliphatic heterocycles. The van der Waals surface area contributed by atoms with Crippen molar-refractivity contribution in [2.75, 3.05) is 33.9 Å². The fourth-order valence-corrected chi connectivity index (χ4v) is 4.46. The Morgan fingerprint density at radius 2 is 1.94 bits per heavy atom. The Balaban J connectivity index is 1.57. The van der Waals surface area contributed by atoms with Crippen LogP contribution in [0.2, 0.25) is 0 Å². The second-order valence-corrected chi connectivity index (χ2v) is 9.14. The van der Waals surface area contributed by atoms with E-state index in [0.717, 1.165) is 83.1 Å². The smallest absolute Gasteiger partial charge is 0.219 e. The molecular weight excluding hydrogens is 442 g/mol. The highest BCUT2D eigenvalue weighted by molar-refractivity contribution is 5.93. The zero-order chi connectivity index (χ0) is 24.4. The van der Waals surface area contributed by atoms with Gasteiger partial charge in [0.05, 0.1) is 47.4 Å². The standard InChI is InChI=1S/C26H33N7O2/c1-5-22-19-9-11-24-20-16-18(8-10-23(20)28-29-24)21-17-27-32(4)25(21)34-14-7-15-35-26(19)33(30-22)13-6-12-31(2)3/h8-11,16-17H,5-7,12-15H2,1-4H3,(H,28,29)/b11-9+. The molecule has 0 aliphatic carbocycles. The number of rotatable bonds is 5. The van der Waals surface area contributed by atoms with Crippen molar-refractivity contribution >= 4 is 23.1 Å². The molecule has 4 aromatic rings. The van der Waals surface area contributed by atoms with Gasteiger partial charge in [-0.15, -0.1) is 0 Å². The van der Waals surface area contributed by atoms with Crippen LogP contribution in [0.15, 0.2) is 24.4 Å². The molecule has 1 aliphatic rings. The summed E-state index contributed by atoms with van der Waals surface area (Å²) in [4.78, 5) is 2.19. The van der Waals surface area contributed by atoms with Gasteiger partial charge in [-0.25, -0.2) is 9.36 Å². The SMILES string of the molecule is CCc1nn(CCCN(C)C)c2c1/C=C/c1[nH]nc3ccc(cc13)-c1cnn(C)c1OCCCO2. The molecule has 35 heavy (non-hydrogen) atoms. The Bertz CT molecular complexity index is 1350. The molecule has 0 unspecified atom stereocenters. The molecule has 0 saturated heterocycles. The molecular formula is C26H33N7O2. The van der Waals surface area contributed by atoms with Crippen LogP contribution in [0, 0.1) is 0 Å². The molecule has 184 valence electrons. The fraction of sp³-hybridized carbons (Fsp3) is 0.423. The van der Waals surface area contributed by atoms with Crippen molar-refractivity contribution in [3.8, 4) is 22.9 Å². The monoisotopic (exact) mass is 475 g/mol. The van der Waals surface area contributed by atoms with Crippen LogP contribution < -0.4 is 9.47 Å². The Hall–Kier alpha value is -3.59. The average Bonchev–Trinajstić information content (AvgIpc) is 3.52. The van der Waals surface area contributed by atoms with E-state index in [4.69, 9.17) is 14.6 Å². The van der Waals surface area contributed by atoms with Gasteiger partial charge in [0.25, 0.3) is 0 Å². The lowest BCUT2D eigenvalue weighted by molar-refractivity contribution is 0.223. The summed E-state index contributed by atoms with van der Waals surface area (Å²) >= 11 is 0. The highest BCUT2D eigenvalue weighted by atomic mass is 16.5. The third kappa shape index (κ3) is 4.68. The zero-order valence-electron chi connectivity index (χ0n) is 20.9. The first-order chi connectivity index (χ1) is 17.0. The van der Waals surface area contributed by atoms with E-state index in [9.17, 15) is 0 Å². The third-order valence-corrected chi connectivity index (χ3v) is 6.29. The number of nitrogens with one attached hydrogen (secondary N) is 1. The first kappa shape index (κ1) is 23.2. The molecule has 1 aromatic carbocycles. The van der Waals surface area contributed by atoms with Gasteiger partial charge < -0.3 is 14.4 Å². The number of benzene rings is 1. The van der Waals surface area contributed by atoms with Gasteiger partial charge in [0.1, 0.15) is 0 Å². The van der Waals surface area contributed by atoms with Gasteiger partial charge in [0, 0.05) is 25.4 Å². The first-order valence-corrected chi connectivity index (χ1v) is 12.2. The van der Waals surface area contributed by atoms with Crippen molar-refractivity contribution in [1.82, 2.24) is 34.7 Å². The van der Waals surface area contributed by atoms with Gasteiger partial charge in [0.15, 0.2) is 0 Å². The van der Waals surface area contributed by atoms with Gasteiger partial charge in [-0.05, 0) is 63.3 Å². The van der Waals surface area contributed by atoms with E-state index in [2.05, 4.69) is 65.5 Å². The predicted octanol–water partition coefficient (Wildman–Crippen LogP) is 4.01. The van der Waals surface area contributed by atoms with E-state index in [-0.39, 0.29) is 0 Å². The van der Waals surface area contributed by atoms with E-state index in [0.29, 0.717) is 13.2 Å². The topological polar surface area (TPSA) is 86.0 Å². The number of H-pyrrole nitrogens is 1. The minimum Gasteiger partial charge on any atom is -0.477 e. The van der Waals surface area contributed by atoms with Gasteiger partial charge >= 0.3 is 0 Å². The Morgan fingerprint density at radius 1 is 1.11 bits per heavy atom. The van der Waals surface area contributed by atoms with Gasteiger partial charge in [-0.1, -0.05) is 13.0 Å². The molecule has 5 rings (SSSR count). The van der Waals surface area contributed by atoms with Crippen LogP contribution in [-0.4, -0.2) is 68.5 Å². The fourth-order valence-electron chi connectivity index (χ4n) is 4.46. The summed E-state index contributed by atoms with van der Waals surface area (Å²) in [6, 6.07) is 6.24. The number of hydrogen-bond donors (Lipinski definition) is 1. The Labute approximate surface area is 205 Å². The lowest BCUT2D eigenvalue weighted by Crippen LogP contribution is -2.16. The summed E-state index contributed by atoms with van der Waals surface area (Å²) in [6.07, 6.45) is 8.61. The lowest BCUT2D eigenvalue weighted by Gasteiger charge is -2.13. The highest BCUT2D eigenvalue weighted by Crippen LogP contribution is 2.33. The van der Waals surface area contributed by atoms with Crippen molar-refractivity contribution in [3.63, 3.8) is 0 Å². The van der Waals surface area contributed by atoms with Crippen molar-refractivity contribution in [2.45, 2.75) is 32.7 Å². The number of nitrogens with zero attached hydrogens (tertiary/aromatic N) is 6. The number of aromatic nitrogens is 6. The Morgan fingerprint density at radius 3 is 2.74 bits per heavy atom. The maximum absolute atomic E-state index is 6.34. The first-order valence-electron chi connectivity index (χ1n) is 12.2. The maximum Gasteiger partial charge on any atom is 0.219 e. The zero-order valence-corrected chi connectivity index (χ0v) is 20.9. The van der Waals surface area contributed by atoms with Gasteiger partial charge in [-0.2, -0.15) is 15.3 Å². The minimum absolute atomic E-state index is 0.534. The average molecular weight is 476 g/mol. The van der Waals surface area contributed by atoms with Crippen LogP contribution in [0.1, 0.15) is 36.7 Å². The van der Waals surface area contributed by atoms with Crippen molar-refractivity contribution in [3.05, 3.63) is 41.3 Å². The number of aryl methyl sites for hydroxylation is 3. The largest absolute Gasteiger partial charge is 0.477 e. The lowest BCUT2D eigenvalue weighted by atomic mass is 10.0. The second kappa shape index (κ2) is 9.95. The molecule has 9 heteroatoms. The summed E-state index contributed by atoms with van der Waals surface area (Å²) in [5.41, 5.74) is 5.93. The molecule has 3 aromatic heterocycles. The third-order valence-electron chi connectivity index (χ3n) is 6.29. The summed E-state index contributed by atoms with van der Waals surface area (Å²) in [5.74, 6) is 1.57. The van der Waals surface area contributed by atoms with Crippen LogP contribution in [0.3, 0.4) is 0 Å². The van der Waals surface area contributed by atoms with E-state index < -0.39 is 0 Å². The van der Waals surface area contributed by atoms with Gasteiger partial charge in [0.2, 0.25) is 11.8 Å². The quantitative estimate of drug-likeness (QED) is 0.470. The number of aromatic amines is 1. The van der Waals surface area contributed by atoms with Crippen LogP contribution in [0.25, 0.3) is 34.2 Å². The summed E-state index contributed by atoms with van der Waals surface area (Å²) < 4.78 is 16.3. The number of hydrogen-bond acceptors (Lipinski definition) is 6. The predicted molar refractivity (Wildman–Crippen MR) is 138 cm³/mol. The molecule has 0 amide bonds. The number of ether oxygens (including phenoxy) is 2. The molecule has 2 bridgehead atoms. The van der Waals surface area contributed by atoms with E-state index in [1.54, 1.807) is 4.68 Å².